The number of nitrogens with two attached hydrogens (primary N) is 1. The van der Waals surface area contributed by atoms with Crippen LogP contribution in [-0.2, 0) is 6.54 Å². The summed E-state index contributed by atoms with van der Waals surface area (Å²) >= 11 is 0. The molecule has 2 heterocycles. The average molecular weight is 243 g/mol. The van der Waals surface area contributed by atoms with Crippen LogP contribution in [0, 0.1) is 6.92 Å². The van der Waals surface area contributed by atoms with Gasteiger partial charge in [0.15, 0.2) is 5.58 Å². The maximum atomic E-state index is 5.69. The van der Waals surface area contributed by atoms with E-state index in [1.54, 1.807) is 18.3 Å². The van der Waals surface area contributed by atoms with Crippen molar-refractivity contribution in [3.63, 3.8) is 0 Å². The van der Waals surface area contributed by atoms with Crippen LogP contribution in [0.25, 0.3) is 11.1 Å². The molecule has 2 aromatic heterocycles. The molecule has 0 spiro atoms. The van der Waals surface area contributed by atoms with Gasteiger partial charge in [-0.1, -0.05) is 0 Å². The maximum absolute atomic E-state index is 5.69. The number of fused-ring (bicyclic) bond motifs is 1. The van der Waals surface area contributed by atoms with Gasteiger partial charge in [0.1, 0.15) is 5.52 Å². The van der Waals surface area contributed by atoms with Crippen LogP contribution < -0.4 is 11.1 Å². The Labute approximate surface area is 103 Å². The van der Waals surface area contributed by atoms with Gasteiger partial charge in [0.25, 0.3) is 6.01 Å². The van der Waals surface area contributed by atoms with Crippen LogP contribution in [0.2, 0.25) is 0 Å². The number of H-pyrrole nitrogens is 1. The summed E-state index contributed by atoms with van der Waals surface area (Å²) in [5, 5.41) is 9.96. The van der Waals surface area contributed by atoms with E-state index in [0.29, 0.717) is 18.2 Å². The molecule has 0 aliphatic heterocycles. The van der Waals surface area contributed by atoms with E-state index in [4.69, 9.17) is 10.2 Å². The average Bonchev–Trinajstić information content (AvgIpc) is 2.92. The smallest absolute Gasteiger partial charge is 0.295 e. The monoisotopic (exact) mass is 243 g/mol. The highest BCUT2D eigenvalue weighted by molar-refractivity contribution is 5.78. The number of nitrogens with zero attached hydrogens (tertiary/aromatic N) is 2. The van der Waals surface area contributed by atoms with Gasteiger partial charge in [-0.15, -0.1) is 0 Å². The minimum absolute atomic E-state index is 0.483. The van der Waals surface area contributed by atoms with Crippen LogP contribution in [0.1, 0.15) is 11.3 Å². The number of aromatic nitrogens is 3. The minimum Gasteiger partial charge on any atom is -0.424 e. The Morgan fingerprint density at radius 1 is 1.44 bits per heavy atom. The van der Waals surface area contributed by atoms with Gasteiger partial charge in [-0.2, -0.15) is 10.1 Å². The first-order valence-corrected chi connectivity index (χ1v) is 5.61. The number of nitrogens with one attached hydrogen (secondary N) is 2. The number of nitrogen functional groups attached to an aromatic ring is 1. The van der Waals surface area contributed by atoms with E-state index in [0.717, 1.165) is 22.4 Å². The molecule has 92 valence electrons. The van der Waals surface area contributed by atoms with Gasteiger partial charge in [0.2, 0.25) is 0 Å². The molecule has 0 unspecified atom stereocenters. The van der Waals surface area contributed by atoms with Crippen LogP contribution in [0.3, 0.4) is 0 Å². The number of rotatable bonds is 3. The quantitative estimate of drug-likeness (QED) is 0.612. The first kappa shape index (κ1) is 10.6. The zero-order valence-corrected chi connectivity index (χ0v) is 9.90. The summed E-state index contributed by atoms with van der Waals surface area (Å²) in [7, 11) is 0. The summed E-state index contributed by atoms with van der Waals surface area (Å²) in [4.78, 5) is 4.31. The van der Waals surface area contributed by atoms with Gasteiger partial charge in [0, 0.05) is 23.5 Å². The molecule has 6 heteroatoms. The third kappa shape index (κ3) is 1.88. The molecule has 0 saturated carbocycles. The molecular formula is C12H13N5O. The number of anilines is 2. The van der Waals surface area contributed by atoms with Crippen LogP contribution in [0.5, 0.6) is 0 Å². The molecule has 0 atom stereocenters. The second-order valence-corrected chi connectivity index (χ2v) is 4.12. The molecule has 1 aromatic carbocycles. The van der Waals surface area contributed by atoms with Crippen molar-refractivity contribution in [2.45, 2.75) is 13.5 Å². The SMILES string of the molecule is Cc1[nH]ncc1CNc1nc2cc(N)ccc2o1. The van der Waals surface area contributed by atoms with Gasteiger partial charge in [-0.25, -0.2) is 0 Å². The fourth-order valence-electron chi connectivity index (χ4n) is 1.74. The van der Waals surface area contributed by atoms with E-state index < -0.39 is 0 Å². The second kappa shape index (κ2) is 4.06. The third-order valence-electron chi connectivity index (χ3n) is 2.78. The highest BCUT2D eigenvalue weighted by Crippen LogP contribution is 2.21. The Hall–Kier alpha value is -2.50. The van der Waals surface area contributed by atoms with Crippen molar-refractivity contribution >= 4 is 22.8 Å². The summed E-state index contributed by atoms with van der Waals surface area (Å²) in [5.74, 6) is 0. The topological polar surface area (TPSA) is 92.8 Å². The number of aryl methyl sites for hydroxylation is 1. The van der Waals surface area contributed by atoms with Crippen molar-refractivity contribution < 1.29 is 4.42 Å². The Balaban J connectivity index is 1.81. The lowest BCUT2D eigenvalue weighted by Gasteiger charge is -1.99. The molecule has 0 bridgehead atoms. The van der Waals surface area contributed by atoms with Crippen LogP contribution in [0.15, 0.2) is 28.8 Å². The number of aromatic amines is 1. The molecule has 0 amide bonds. The molecular weight excluding hydrogens is 230 g/mol. The van der Waals surface area contributed by atoms with Crippen LogP contribution in [0.4, 0.5) is 11.7 Å². The van der Waals surface area contributed by atoms with Crippen molar-refractivity contribution in [1.29, 1.82) is 0 Å². The standard InChI is InChI=1S/C12H13N5O/c1-7-8(6-15-17-7)5-14-12-16-10-4-9(13)2-3-11(10)18-12/h2-4,6H,5,13H2,1H3,(H,14,16)(H,15,17). The number of hydrogen-bond donors (Lipinski definition) is 3. The highest BCUT2D eigenvalue weighted by Gasteiger charge is 2.06. The first-order chi connectivity index (χ1) is 8.72. The van der Waals surface area contributed by atoms with Gasteiger partial charge in [0.05, 0.1) is 6.20 Å². The zero-order chi connectivity index (χ0) is 12.5. The van der Waals surface area contributed by atoms with Gasteiger partial charge in [-0.05, 0) is 25.1 Å². The Morgan fingerprint density at radius 3 is 3.11 bits per heavy atom. The summed E-state index contributed by atoms with van der Waals surface area (Å²) < 4.78 is 5.55. The summed E-state index contributed by atoms with van der Waals surface area (Å²) in [6.45, 7) is 2.58. The lowest BCUT2D eigenvalue weighted by atomic mass is 10.3. The molecule has 0 aliphatic carbocycles. The Kier molecular flexibility index (Phi) is 2.40. The largest absolute Gasteiger partial charge is 0.424 e. The van der Waals surface area contributed by atoms with Gasteiger partial charge < -0.3 is 15.5 Å². The maximum Gasteiger partial charge on any atom is 0.295 e. The van der Waals surface area contributed by atoms with Crippen LogP contribution in [-0.4, -0.2) is 15.2 Å². The second-order valence-electron chi connectivity index (χ2n) is 4.12. The summed E-state index contributed by atoms with van der Waals surface area (Å²) in [6, 6.07) is 5.87. The molecule has 4 N–H and O–H groups in total. The van der Waals surface area contributed by atoms with Crippen molar-refractivity contribution in [2.24, 2.45) is 0 Å². The van der Waals surface area contributed by atoms with Crippen molar-refractivity contribution in [3.8, 4) is 0 Å². The molecule has 18 heavy (non-hydrogen) atoms. The van der Waals surface area contributed by atoms with E-state index >= 15 is 0 Å². The molecule has 0 saturated heterocycles. The number of hydrogen-bond acceptors (Lipinski definition) is 5. The lowest BCUT2D eigenvalue weighted by molar-refractivity contribution is 0.614. The highest BCUT2D eigenvalue weighted by atomic mass is 16.4. The van der Waals surface area contributed by atoms with Crippen molar-refractivity contribution in [1.82, 2.24) is 15.2 Å². The number of benzene rings is 1. The summed E-state index contributed by atoms with van der Waals surface area (Å²) in [6.07, 6.45) is 1.78. The van der Waals surface area contributed by atoms with Crippen LogP contribution >= 0.6 is 0 Å². The van der Waals surface area contributed by atoms with Crippen molar-refractivity contribution in [2.75, 3.05) is 11.1 Å². The van der Waals surface area contributed by atoms with E-state index in [1.807, 2.05) is 13.0 Å². The fraction of sp³-hybridized carbons (Fsp3) is 0.167. The zero-order valence-electron chi connectivity index (χ0n) is 9.90. The van der Waals surface area contributed by atoms with E-state index in [1.165, 1.54) is 0 Å². The molecule has 6 nitrogen and oxygen atoms in total. The van der Waals surface area contributed by atoms with E-state index in [-0.39, 0.29) is 0 Å². The van der Waals surface area contributed by atoms with Crippen molar-refractivity contribution in [3.05, 3.63) is 35.7 Å². The molecule has 0 radical (unpaired) electrons. The fourth-order valence-corrected chi connectivity index (χ4v) is 1.74. The van der Waals surface area contributed by atoms with E-state index in [2.05, 4.69) is 20.5 Å². The third-order valence-corrected chi connectivity index (χ3v) is 2.78. The molecule has 0 aliphatic rings. The van der Waals surface area contributed by atoms with Gasteiger partial charge >= 0.3 is 0 Å². The lowest BCUT2D eigenvalue weighted by Crippen LogP contribution is -1.99. The first-order valence-electron chi connectivity index (χ1n) is 5.61. The normalized spacial score (nSPS) is 10.9. The Bertz CT molecular complexity index is 685. The van der Waals surface area contributed by atoms with Gasteiger partial charge in [-0.3, -0.25) is 5.10 Å². The predicted octanol–water partition coefficient (Wildman–Crippen LogP) is 2.05. The van der Waals surface area contributed by atoms with E-state index in [9.17, 15) is 0 Å². The Morgan fingerprint density at radius 2 is 2.33 bits per heavy atom. The minimum atomic E-state index is 0.483. The number of oxazole rings is 1. The molecule has 0 fully saturated rings. The summed E-state index contributed by atoms with van der Waals surface area (Å²) in [5.41, 5.74) is 9.94. The molecule has 3 rings (SSSR count). The predicted molar refractivity (Wildman–Crippen MR) is 69.1 cm³/mol. The molecule has 3 aromatic rings.